The molecule has 0 aromatic rings. The first-order valence-corrected chi connectivity index (χ1v) is 1.66. The third-order valence-corrected chi connectivity index (χ3v) is 0. The molecule has 0 heterocycles. The first-order chi connectivity index (χ1) is 1.41. The maximum absolute atomic E-state index is 3.79. The second-order valence-corrected chi connectivity index (χ2v) is 0.949. The SMILES string of the molecule is CCS.[Bi]. The van der Waals surface area contributed by atoms with Crippen molar-refractivity contribution in [2.24, 2.45) is 0 Å². The van der Waals surface area contributed by atoms with E-state index in [-0.39, 0.29) is 26.2 Å². The molecule has 0 nitrogen and oxygen atoms in total. The van der Waals surface area contributed by atoms with E-state index in [1.54, 1.807) is 0 Å². The monoisotopic (exact) mass is 271 g/mol. The van der Waals surface area contributed by atoms with Gasteiger partial charge in [-0.05, 0) is 5.75 Å². The van der Waals surface area contributed by atoms with Crippen LogP contribution in [0.3, 0.4) is 0 Å². The average Bonchev–Trinajstić information content (AvgIpc) is 0.918. The fourth-order valence-corrected chi connectivity index (χ4v) is 0. The Bertz CT molecular complexity index is 6.00. The van der Waals surface area contributed by atoms with Gasteiger partial charge in [-0.1, -0.05) is 6.92 Å². The molecule has 2 heteroatoms. The minimum absolute atomic E-state index is 0. The van der Waals surface area contributed by atoms with Crippen LogP contribution in [0.4, 0.5) is 0 Å². The van der Waals surface area contributed by atoms with Crippen LogP contribution in [0.2, 0.25) is 0 Å². The molecule has 0 aliphatic heterocycles. The third kappa shape index (κ3) is 10.6. The fraction of sp³-hybridized carbons (Fsp3) is 1.00. The van der Waals surface area contributed by atoms with E-state index >= 15 is 0 Å². The number of thiol groups is 1. The summed E-state index contributed by atoms with van der Waals surface area (Å²) in [5, 5.41) is 0. The van der Waals surface area contributed by atoms with Crippen molar-refractivity contribution in [3.8, 4) is 0 Å². The van der Waals surface area contributed by atoms with Gasteiger partial charge in [0.2, 0.25) is 0 Å². The molecule has 0 saturated carbocycles. The molecule has 0 aliphatic carbocycles. The molecule has 3 radical (unpaired) electrons. The maximum atomic E-state index is 3.79. The fourth-order valence-electron chi connectivity index (χ4n) is 0. The molecule has 0 unspecified atom stereocenters. The van der Waals surface area contributed by atoms with Crippen molar-refractivity contribution in [3.05, 3.63) is 0 Å². The summed E-state index contributed by atoms with van der Waals surface area (Å²) in [6, 6.07) is 0. The minimum atomic E-state index is 0. The predicted molar refractivity (Wildman–Crippen MR) is 25.3 cm³/mol. The molecule has 0 aromatic heterocycles. The van der Waals surface area contributed by atoms with E-state index in [1.165, 1.54) is 0 Å². The van der Waals surface area contributed by atoms with Gasteiger partial charge in [-0.3, -0.25) is 0 Å². The van der Waals surface area contributed by atoms with Gasteiger partial charge in [0.1, 0.15) is 0 Å². The zero-order valence-corrected chi connectivity index (χ0v) is 6.97. The quantitative estimate of drug-likeness (QED) is 0.483. The van der Waals surface area contributed by atoms with Gasteiger partial charge < -0.3 is 0 Å². The zero-order chi connectivity index (χ0) is 2.71. The van der Waals surface area contributed by atoms with Crippen molar-refractivity contribution in [3.63, 3.8) is 0 Å². The molecule has 0 aromatic carbocycles. The second kappa shape index (κ2) is 8.87. The van der Waals surface area contributed by atoms with E-state index in [1.807, 2.05) is 6.92 Å². The molecular formula is C2H6BiS. The van der Waals surface area contributed by atoms with Gasteiger partial charge in [0.15, 0.2) is 0 Å². The first-order valence-electron chi connectivity index (χ1n) is 1.02. The zero-order valence-electron chi connectivity index (χ0n) is 2.60. The molecule has 0 aliphatic rings. The largest absolute Gasteiger partial charge is 0.180 e. The van der Waals surface area contributed by atoms with E-state index in [4.69, 9.17) is 0 Å². The first kappa shape index (κ1) is 8.97. The van der Waals surface area contributed by atoms with E-state index in [9.17, 15) is 0 Å². The van der Waals surface area contributed by atoms with Crippen molar-refractivity contribution in [2.45, 2.75) is 6.92 Å². The summed E-state index contributed by atoms with van der Waals surface area (Å²) in [7, 11) is 0. The number of rotatable bonds is 0. The van der Waals surface area contributed by atoms with Crippen LogP contribution >= 0.6 is 12.6 Å². The van der Waals surface area contributed by atoms with Gasteiger partial charge in [-0.15, -0.1) is 0 Å². The summed E-state index contributed by atoms with van der Waals surface area (Å²) in [5.41, 5.74) is 0. The molecule has 0 spiro atoms. The van der Waals surface area contributed by atoms with Crippen molar-refractivity contribution in [1.82, 2.24) is 0 Å². The van der Waals surface area contributed by atoms with Gasteiger partial charge in [-0.25, -0.2) is 0 Å². The smallest absolute Gasteiger partial charge is 0 e. The maximum Gasteiger partial charge on any atom is 0 e. The van der Waals surface area contributed by atoms with Gasteiger partial charge in [-0.2, -0.15) is 12.6 Å². The topological polar surface area (TPSA) is 0 Å². The summed E-state index contributed by atoms with van der Waals surface area (Å²) in [6.07, 6.45) is 0. The Hall–Kier alpha value is 1.23. The van der Waals surface area contributed by atoms with Gasteiger partial charge >= 0.3 is 0 Å². The van der Waals surface area contributed by atoms with E-state index in [2.05, 4.69) is 12.6 Å². The van der Waals surface area contributed by atoms with Gasteiger partial charge in [0.25, 0.3) is 0 Å². The van der Waals surface area contributed by atoms with Crippen molar-refractivity contribution < 1.29 is 0 Å². The number of hydrogen-bond donors (Lipinski definition) is 1. The van der Waals surface area contributed by atoms with Crippen LogP contribution in [-0.4, -0.2) is 32.0 Å². The third-order valence-electron chi connectivity index (χ3n) is 0. The molecule has 0 fully saturated rings. The summed E-state index contributed by atoms with van der Waals surface area (Å²) >= 11 is 3.79. The van der Waals surface area contributed by atoms with E-state index in [0.717, 1.165) is 5.75 Å². The summed E-state index contributed by atoms with van der Waals surface area (Å²) in [4.78, 5) is 0. The molecule has 0 rings (SSSR count). The van der Waals surface area contributed by atoms with Crippen LogP contribution in [0, 0.1) is 0 Å². The standard InChI is InChI=1S/C2H6S.Bi/c1-2-3;/h3H,2H2,1H3;. The van der Waals surface area contributed by atoms with Crippen molar-refractivity contribution in [1.29, 1.82) is 0 Å². The second-order valence-electron chi connectivity index (χ2n) is 0.316. The average molecular weight is 271 g/mol. The van der Waals surface area contributed by atoms with Crippen molar-refractivity contribution in [2.75, 3.05) is 5.75 Å². The molecule has 0 atom stereocenters. The Morgan fingerprint density at radius 3 is 1.75 bits per heavy atom. The van der Waals surface area contributed by atoms with Crippen LogP contribution < -0.4 is 0 Å². The minimum Gasteiger partial charge on any atom is -0.180 e. The van der Waals surface area contributed by atoms with Crippen LogP contribution in [0.5, 0.6) is 0 Å². The van der Waals surface area contributed by atoms with Gasteiger partial charge in [0.05, 0.1) is 0 Å². The Morgan fingerprint density at radius 2 is 1.75 bits per heavy atom. The normalized spacial score (nSPS) is 4.50. The summed E-state index contributed by atoms with van der Waals surface area (Å²) in [5.74, 6) is 0.944. The Morgan fingerprint density at radius 1 is 1.75 bits per heavy atom. The van der Waals surface area contributed by atoms with E-state index < -0.39 is 0 Å². The van der Waals surface area contributed by atoms with Crippen molar-refractivity contribution >= 4 is 38.8 Å². The predicted octanol–water partition coefficient (Wildman–Crippen LogP) is 0.555. The molecule has 4 heavy (non-hydrogen) atoms. The summed E-state index contributed by atoms with van der Waals surface area (Å²) in [6.45, 7) is 1.99. The molecule has 0 N–H and O–H groups in total. The van der Waals surface area contributed by atoms with Crippen LogP contribution in [0.1, 0.15) is 6.92 Å². The Balaban J connectivity index is 0. The molecule has 25 valence electrons. The molecule has 0 bridgehead atoms. The Kier molecular flexibility index (Phi) is 19.9. The number of hydrogen-bond acceptors (Lipinski definition) is 1. The summed E-state index contributed by atoms with van der Waals surface area (Å²) < 4.78 is 0. The van der Waals surface area contributed by atoms with Crippen LogP contribution in [-0.2, 0) is 0 Å². The van der Waals surface area contributed by atoms with Crippen LogP contribution in [0.25, 0.3) is 0 Å². The molecular weight excluding hydrogens is 265 g/mol. The molecule has 0 amide bonds. The molecule has 0 saturated heterocycles. The van der Waals surface area contributed by atoms with Crippen LogP contribution in [0.15, 0.2) is 0 Å². The Labute approximate surface area is 51.5 Å². The van der Waals surface area contributed by atoms with Gasteiger partial charge in [0, 0.05) is 26.2 Å². The van der Waals surface area contributed by atoms with E-state index in [0.29, 0.717) is 0 Å².